The summed E-state index contributed by atoms with van der Waals surface area (Å²) in [5.41, 5.74) is 2.02. The van der Waals surface area contributed by atoms with Crippen molar-refractivity contribution < 1.29 is 9.90 Å². The molecule has 3 rings (SSSR count). The van der Waals surface area contributed by atoms with E-state index in [1.807, 2.05) is 30.3 Å². The Morgan fingerprint density at radius 3 is 2.44 bits per heavy atom. The van der Waals surface area contributed by atoms with Gasteiger partial charge in [0.05, 0.1) is 13.2 Å². The molecule has 0 bridgehead atoms. The van der Waals surface area contributed by atoms with E-state index < -0.39 is 0 Å². The number of β-amino-alcohol motifs (C(OH)–C–C–N with tert-alkyl or cyclic N) is 1. The van der Waals surface area contributed by atoms with Crippen LogP contribution in [0.25, 0.3) is 11.1 Å². The van der Waals surface area contributed by atoms with Gasteiger partial charge in [0.2, 0.25) is 0 Å². The molecule has 2 heterocycles. The Morgan fingerprint density at radius 1 is 1.07 bits per heavy atom. The lowest BCUT2D eigenvalue weighted by atomic mass is 9.97. The number of carbonyl (C=O) groups is 1. The molecule has 1 aromatic heterocycles. The highest BCUT2D eigenvalue weighted by molar-refractivity contribution is 5.73. The number of aliphatic hydroxyl groups is 1. The molecular weight excluding hydrogens is 342 g/mol. The number of urea groups is 1. The lowest BCUT2D eigenvalue weighted by Crippen LogP contribution is -2.42. The number of piperidine rings is 1. The van der Waals surface area contributed by atoms with Crippen molar-refractivity contribution in [3.63, 3.8) is 0 Å². The maximum atomic E-state index is 12.0. The summed E-state index contributed by atoms with van der Waals surface area (Å²) in [5, 5.41) is 14.7. The molecule has 3 N–H and O–H groups in total. The van der Waals surface area contributed by atoms with Crippen LogP contribution < -0.4 is 10.6 Å². The smallest absolute Gasteiger partial charge is 0.315 e. The number of nitrogens with zero attached hydrogens (tertiary/aromatic N) is 3. The number of hydrogen-bond donors (Lipinski definition) is 3. The van der Waals surface area contributed by atoms with E-state index in [4.69, 9.17) is 5.11 Å². The number of carbonyl (C=O) groups excluding carboxylic acids is 1. The van der Waals surface area contributed by atoms with Crippen LogP contribution in [0.2, 0.25) is 0 Å². The predicted molar refractivity (Wildman–Crippen MR) is 104 cm³/mol. The van der Waals surface area contributed by atoms with Gasteiger partial charge in [0.1, 0.15) is 5.82 Å². The number of likely N-dealkylation sites (tertiary alicyclic amines) is 1. The third-order valence-corrected chi connectivity index (χ3v) is 4.89. The second kappa shape index (κ2) is 9.99. The Bertz CT molecular complexity index is 700. The summed E-state index contributed by atoms with van der Waals surface area (Å²) in [6.07, 6.45) is 5.64. The molecule has 1 aliphatic heterocycles. The number of aliphatic hydroxyl groups excluding tert-OH is 1. The molecule has 2 amide bonds. The van der Waals surface area contributed by atoms with Crippen LogP contribution in [0.15, 0.2) is 42.7 Å². The molecule has 1 fully saturated rings. The molecule has 7 heteroatoms. The number of aromatic nitrogens is 2. The highest BCUT2D eigenvalue weighted by Gasteiger charge is 2.19. The quantitative estimate of drug-likeness (QED) is 0.690. The summed E-state index contributed by atoms with van der Waals surface area (Å²) in [5.74, 6) is 1.08. The van der Waals surface area contributed by atoms with Crippen LogP contribution in [0.1, 0.15) is 18.7 Å². The van der Waals surface area contributed by atoms with Crippen LogP contribution in [0.3, 0.4) is 0 Å². The molecule has 0 aliphatic carbocycles. The normalized spacial score (nSPS) is 15.4. The first-order valence-electron chi connectivity index (χ1n) is 9.46. The van der Waals surface area contributed by atoms with Crippen molar-refractivity contribution in [2.45, 2.75) is 19.4 Å². The summed E-state index contributed by atoms with van der Waals surface area (Å²) in [7, 11) is 0. The van der Waals surface area contributed by atoms with Crippen LogP contribution in [0.5, 0.6) is 0 Å². The minimum Gasteiger partial charge on any atom is -0.395 e. The standard InChI is InChI=1S/C20H27N5O2/c26-11-10-25-8-6-16(7-9-25)12-23-20(27)24-15-19-21-13-18(14-22-19)17-4-2-1-3-5-17/h1-5,13-14,16,26H,6-12,15H2,(H2,23,24,27). The van der Waals surface area contributed by atoms with Crippen molar-refractivity contribution in [3.8, 4) is 11.1 Å². The van der Waals surface area contributed by atoms with Crippen LogP contribution >= 0.6 is 0 Å². The fourth-order valence-corrected chi connectivity index (χ4v) is 3.24. The third kappa shape index (κ3) is 6.01. The summed E-state index contributed by atoms with van der Waals surface area (Å²) in [6.45, 7) is 3.89. The lowest BCUT2D eigenvalue weighted by molar-refractivity contribution is 0.147. The van der Waals surface area contributed by atoms with Crippen molar-refractivity contribution >= 4 is 6.03 Å². The molecule has 1 saturated heterocycles. The third-order valence-electron chi connectivity index (χ3n) is 4.89. The largest absolute Gasteiger partial charge is 0.395 e. The maximum absolute atomic E-state index is 12.0. The average molecular weight is 369 g/mol. The van der Waals surface area contributed by atoms with Gasteiger partial charge >= 0.3 is 6.03 Å². The zero-order chi connectivity index (χ0) is 18.9. The SMILES string of the molecule is O=C(NCc1ncc(-c2ccccc2)cn1)NCC1CCN(CCO)CC1. The second-order valence-corrected chi connectivity index (χ2v) is 6.83. The van der Waals surface area contributed by atoms with Crippen LogP contribution in [-0.2, 0) is 6.54 Å². The van der Waals surface area contributed by atoms with Crippen LogP contribution in [0.4, 0.5) is 4.79 Å². The number of amides is 2. The Balaban J connectivity index is 1.37. The van der Waals surface area contributed by atoms with E-state index in [0.717, 1.165) is 43.6 Å². The first-order valence-corrected chi connectivity index (χ1v) is 9.46. The zero-order valence-electron chi connectivity index (χ0n) is 15.5. The molecular formula is C20H27N5O2. The van der Waals surface area contributed by atoms with E-state index in [0.29, 0.717) is 24.8 Å². The molecule has 2 aromatic rings. The number of benzene rings is 1. The van der Waals surface area contributed by atoms with Crippen molar-refractivity contribution in [1.82, 2.24) is 25.5 Å². The molecule has 0 unspecified atom stereocenters. The van der Waals surface area contributed by atoms with Gasteiger partial charge in [0.15, 0.2) is 0 Å². The van der Waals surface area contributed by atoms with E-state index >= 15 is 0 Å². The second-order valence-electron chi connectivity index (χ2n) is 6.83. The molecule has 27 heavy (non-hydrogen) atoms. The Hall–Kier alpha value is -2.51. The van der Waals surface area contributed by atoms with Gasteiger partial charge in [-0.05, 0) is 37.4 Å². The molecule has 0 radical (unpaired) electrons. The number of nitrogens with one attached hydrogen (secondary N) is 2. The van der Waals surface area contributed by atoms with Gasteiger partial charge in [-0.2, -0.15) is 0 Å². The van der Waals surface area contributed by atoms with Crippen molar-refractivity contribution in [2.75, 3.05) is 32.8 Å². The van der Waals surface area contributed by atoms with Crippen LogP contribution in [-0.4, -0.2) is 58.8 Å². The van der Waals surface area contributed by atoms with Gasteiger partial charge in [-0.3, -0.25) is 0 Å². The number of rotatable bonds is 7. The van der Waals surface area contributed by atoms with Crippen molar-refractivity contribution in [2.24, 2.45) is 5.92 Å². The number of hydrogen-bond acceptors (Lipinski definition) is 5. The average Bonchev–Trinajstić information content (AvgIpc) is 2.73. The van der Waals surface area contributed by atoms with Gasteiger partial charge in [0, 0.05) is 31.0 Å². The van der Waals surface area contributed by atoms with E-state index in [2.05, 4.69) is 25.5 Å². The topological polar surface area (TPSA) is 90.4 Å². The molecule has 1 aromatic carbocycles. The summed E-state index contributed by atoms with van der Waals surface area (Å²) >= 11 is 0. The Kier molecular flexibility index (Phi) is 7.12. The lowest BCUT2D eigenvalue weighted by Gasteiger charge is -2.31. The first kappa shape index (κ1) is 19.3. The summed E-state index contributed by atoms with van der Waals surface area (Å²) < 4.78 is 0. The van der Waals surface area contributed by atoms with Gasteiger partial charge in [-0.25, -0.2) is 14.8 Å². The summed E-state index contributed by atoms with van der Waals surface area (Å²) in [6, 6.07) is 9.76. The molecule has 1 aliphatic rings. The molecule has 0 atom stereocenters. The van der Waals surface area contributed by atoms with E-state index in [9.17, 15) is 4.79 Å². The monoisotopic (exact) mass is 369 g/mol. The van der Waals surface area contributed by atoms with E-state index in [-0.39, 0.29) is 12.6 Å². The minimum absolute atomic E-state index is 0.191. The Labute approximate surface area is 159 Å². The van der Waals surface area contributed by atoms with E-state index in [1.165, 1.54) is 0 Å². The molecule has 0 saturated carbocycles. The van der Waals surface area contributed by atoms with Crippen molar-refractivity contribution in [3.05, 3.63) is 48.5 Å². The highest BCUT2D eigenvalue weighted by Crippen LogP contribution is 2.17. The van der Waals surface area contributed by atoms with Gasteiger partial charge < -0.3 is 20.6 Å². The predicted octanol–water partition coefficient (Wildman–Crippen LogP) is 1.65. The van der Waals surface area contributed by atoms with Crippen LogP contribution in [0, 0.1) is 5.92 Å². The maximum Gasteiger partial charge on any atom is 0.315 e. The van der Waals surface area contributed by atoms with Gasteiger partial charge in [-0.1, -0.05) is 30.3 Å². The van der Waals surface area contributed by atoms with Gasteiger partial charge in [-0.15, -0.1) is 0 Å². The molecule has 7 nitrogen and oxygen atoms in total. The first-order chi connectivity index (χ1) is 13.2. The van der Waals surface area contributed by atoms with Gasteiger partial charge in [0.25, 0.3) is 0 Å². The Morgan fingerprint density at radius 2 is 1.78 bits per heavy atom. The van der Waals surface area contributed by atoms with E-state index in [1.54, 1.807) is 12.4 Å². The molecule has 0 spiro atoms. The highest BCUT2D eigenvalue weighted by atomic mass is 16.3. The summed E-state index contributed by atoms with van der Waals surface area (Å²) in [4.78, 5) is 22.9. The zero-order valence-corrected chi connectivity index (χ0v) is 15.5. The molecule has 144 valence electrons. The fraction of sp³-hybridized carbons (Fsp3) is 0.450. The van der Waals surface area contributed by atoms with Crippen molar-refractivity contribution in [1.29, 1.82) is 0 Å². The fourth-order valence-electron chi connectivity index (χ4n) is 3.24. The minimum atomic E-state index is -0.191.